The van der Waals surface area contributed by atoms with Gasteiger partial charge in [-0.15, -0.1) is 0 Å². The van der Waals surface area contributed by atoms with Crippen molar-refractivity contribution >= 4 is 11.6 Å². The molecule has 3 N–H and O–H groups in total. The number of methoxy groups -OCH3 is 1. The molecule has 2 aromatic rings. The molecule has 6 heteroatoms. The number of phenolic OH excluding ortho intramolecular Hbond substituents is 3. The molecule has 0 saturated heterocycles. The number of benzene rings is 2. The van der Waals surface area contributed by atoms with E-state index in [2.05, 4.69) is 0 Å². The Kier molecular flexibility index (Phi) is 2.84. The van der Waals surface area contributed by atoms with E-state index >= 15 is 0 Å². The Morgan fingerprint density at radius 2 is 1.55 bits per heavy atom. The molecule has 112 valence electrons. The van der Waals surface area contributed by atoms with Gasteiger partial charge in [0, 0.05) is 16.7 Å². The van der Waals surface area contributed by atoms with Crippen LogP contribution >= 0.6 is 0 Å². The van der Waals surface area contributed by atoms with Crippen LogP contribution in [0.25, 0.3) is 0 Å². The third kappa shape index (κ3) is 1.60. The third-order valence-corrected chi connectivity index (χ3v) is 3.81. The zero-order chi connectivity index (χ0) is 16.2. The topological polar surface area (TPSA) is 104 Å². The number of phenols is 3. The van der Waals surface area contributed by atoms with Crippen molar-refractivity contribution in [2.45, 2.75) is 6.92 Å². The van der Waals surface area contributed by atoms with E-state index in [0.29, 0.717) is 5.56 Å². The highest BCUT2D eigenvalue weighted by Crippen LogP contribution is 2.43. The molecule has 3 rings (SSSR count). The summed E-state index contributed by atoms with van der Waals surface area (Å²) in [5.74, 6) is -2.40. The first-order valence-electron chi connectivity index (χ1n) is 6.43. The molecule has 2 aromatic carbocycles. The molecule has 0 aromatic heterocycles. The van der Waals surface area contributed by atoms with Crippen LogP contribution in [0, 0.1) is 6.92 Å². The van der Waals surface area contributed by atoms with Crippen LogP contribution in [0.4, 0.5) is 0 Å². The van der Waals surface area contributed by atoms with Crippen molar-refractivity contribution < 1.29 is 29.6 Å². The van der Waals surface area contributed by atoms with Gasteiger partial charge in [0.25, 0.3) is 0 Å². The summed E-state index contributed by atoms with van der Waals surface area (Å²) in [6.07, 6.45) is 0. The number of fused-ring (bicyclic) bond motifs is 2. The molecule has 0 fully saturated rings. The highest BCUT2D eigenvalue weighted by Gasteiger charge is 2.36. The van der Waals surface area contributed by atoms with E-state index in [1.807, 2.05) is 0 Å². The summed E-state index contributed by atoms with van der Waals surface area (Å²) in [6, 6.07) is 3.58. The lowest BCUT2D eigenvalue weighted by Crippen LogP contribution is -2.22. The first-order valence-corrected chi connectivity index (χ1v) is 6.43. The van der Waals surface area contributed by atoms with Gasteiger partial charge in [0.05, 0.1) is 18.2 Å². The van der Waals surface area contributed by atoms with Gasteiger partial charge in [0.1, 0.15) is 11.5 Å². The lowest BCUT2D eigenvalue weighted by atomic mass is 9.82. The van der Waals surface area contributed by atoms with Crippen LogP contribution in [0.1, 0.15) is 37.4 Å². The molecule has 22 heavy (non-hydrogen) atoms. The van der Waals surface area contributed by atoms with E-state index < -0.39 is 23.1 Å². The maximum absolute atomic E-state index is 12.7. The summed E-state index contributed by atoms with van der Waals surface area (Å²) >= 11 is 0. The van der Waals surface area contributed by atoms with Crippen LogP contribution in [-0.2, 0) is 0 Å². The van der Waals surface area contributed by atoms with Gasteiger partial charge in [0.2, 0.25) is 0 Å². The standard InChI is InChI=1S/C16H12O6/c1-6-10(18)5-8-12(16(6)22-2)13(19)7-3-4-9(17)15(21)11(7)14(8)20/h3-5,17-18,21H,1-2H3. The fourth-order valence-electron chi connectivity index (χ4n) is 2.67. The molecule has 0 spiro atoms. The number of hydrogen-bond donors (Lipinski definition) is 3. The second-order valence-corrected chi connectivity index (χ2v) is 4.99. The Morgan fingerprint density at radius 3 is 2.18 bits per heavy atom. The molecular formula is C16H12O6. The van der Waals surface area contributed by atoms with Gasteiger partial charge in [0.15, 0.2) is 23.1 Å². The van der Waals surface area contributed by atoms with Crippen LogP contribution in [0.5, 0.6) is 23.0 Å². The quantitative estimate of drug-likeness (QED) is 0.593. The van der Waals surface area contributed by atoms with E-state index in [4.69, 9.17) is 4.74 Å². The molecule has 0 radical (unpaired) electrons. The summed E-state index contributed by atoms with van der Waals surface area (Å²) in [5, 5.41) is 29.3. The van der Waals surface area contributed by atoms with Crippen LogP contribution in [0.15, 0.2) is 18.2 Å². The zero-order valence-corrected chi connectivity index (χ0v) is 11.8. The minimum atomic E-state index is -0.661. The van der Waals surface area contributed by atoms with Gasteiger partial charge >= 0.3 is 0 Å². The van der Waals surface area contributed by atoms with E-state index in [-0.39, 0.29) is 33.8 Å². The second kappa shape index (κ2) is 4.49. The van der Waals surface area contributed by atoms with Gasteiger partial charge < -0.3 is 20.1 Å². The molecule has 0 heterocycles. The molecule has 0 atom stereocenters. The summed E-state index contributed by atoms with van der Waals surface area (Å²) in [4.78, 5) is 25.2. The number of carbonyl (C=O) groups excluding carboxylic acids is 2. The highest BCUT2D eigenvalue weighted by molar-refractivity contribution is 6.30. The molecule has 0 aliphatic heterocycles. The number of carbonyl (C=O) groups is 2. The summed E-state index contributed by atoms with van der Waals surface area (Å²) < 4.78 is 5.17. The normalized spacial score (nSPS) is 12.8. The Bertz CT molecular complexity index is 850. The van der Waals surface area contributed by atoms with E-state index in [1.54, 1.807) is 6.92 Å². The molecule has 0 saturated carbocycles. The van der Waals surface area contributed by atoms with Gasteiger partial charge in [-0.25, -0.2) is 0 Å². The third-order valence-electron chi connectivity index (χ3n) is 3.81. The molecule has 0 amide bonds. The van der Waals surface area contributed by atoms with E-state index in [0.717, 1.165) is 6.07 Å². The molecule has 6 nitrogen and oxygen atoms in total. The van der Waals surface area contributed by atoms with Crippen LogP contribution in [0.3, 0.4) is 0 Å². The smallest absolute Gasteiger partial charge is 0.198 e. The Morgan fingerprint density at radius 1 is 0.909 bits per heavy atom. The van der Waals surface area contributed by atoms with Gasteiger partial charge in [-0.2, -0.15) is 0 Å². The van der Waals surface area contributed by atoms with Crippen molar-refractivity contribution in [2.75, 3.05) is 7.11 Å². The number of ketones is 2. The van der Waals surface area contributed by atoms with Crippen molar-refractivity contribution in [3.05, 3.63) is 46.0 Å². The average Bonchev–Trinajstić information content (AvgIpc) is 2.49. The fraction of sp³-hybridized carbons (Fsp3) is 0.125. The van der Waals surface area contributed by atoms with Gasteiger partial charge in [-0.3, -0.25) is 9.59 Å². The summed E-state index contributed by atoms with van der Waals surface area (Å²) in [6.45, 7) is 1.57. The van der Waals surface area contributed by atoms with Crippen molar-refractivity contribution in [3.8, 4) is 23.0 Å². The Hall–Kier alpha value is -3.02. The molecule has 0 bridgehead atoms. The number of ether oxygens (including phenoxy) is 1. The van der Waals surface area contributed by atoms with Crippen LogP contribution < -0.4 is 4.74 Å². The number of aromatic hydroxyl groups is 3. The highest BCUT2D eigenvalue weighted by atomic mass is 16.5. The minimum Gasteiger partial charge on any atom is -0.508 e. The monoisotopic (exact) mass is 300 g/mol. The van der Waals surface area contributed by atoms with E-state index in [1.165, 1.54) is 19.2 Å². The van der Waals surface area contributed by atoms with Crippen LogP contribution in [-0.4, -0.2) is 34.0 Å². The Balaban J connectivity index is 2.41. The number of hydrogen-bond acceptors (Lipinski definition) is 6. The second-order valence-electron chi connectivity index (χ2n) is 4.99. The van der Waals surface area contributed by atoms with E-state index in [9.17, 15) is 24.9 Å². The summed E-state index contributed by atoms with van der Waals surface area (Å²) in [5.41, 5.74) is 0.0200. The fourth-order valence-corrected chi connectivity index (χ4v) is 2.67. The van der Waals surface area contributed by atoms with Gasteiger partial charge in [-0.05, 0) is 25.1 Å². The zero-order valence-electron chi connectivity index (χ0n) is 11.8. The van der Waals surface area contributed by atoms with Crippen LogP contribution in [0.2, 0.25) is 0 Å². The molecule has 0 unspecified atom stereocenters. The number of rotatable bonds is 1. The maximum atomic E-state index is 12.7. The SMILES string of the molecule is COc1c(C)c(O)cc2c1C(=O)c1ccc(O)c(O)c1C2=O. The van der Waals surface area contributed by atoms with Crippen molar-refractivity contribution in [2.24, 2.45) is 0 Å². The lowest BCUT2D eigenvalue weighted by molar-refractivity contribution is 0.0973. The average molecular weight is 300 g/mol. The predicted molar refractivity (Wildman–Crippen MR) is 76.0 cm³/mol. The molecule has 1 aliphatic carbocycles. The van der Waals surface area contributed by atoms with Crippen molar-refractivity contribution in [3.63, 3.8) is 0 Å². The molecular weight excluding hydrogens is 288 g/mol. The van der Waals surface area contributed by atoms with Crippen molar-refractivity contribution in [1.82, 2.24) is 0 Å². The first-order chi connectivity index (χ1) is 10.4. The van der Waals surface area contributed by atoms with Crippen molar-refractivity contribution in [1.29, 1.82) is 0 Å². The minimum absolute atomic E-state index is 0.0174. The largest absolute Gasteiger partial charge is 0.508 e. The Labute approximate surface area is 125 Å². The molecule has 1 aliphatic rings. The van der Waals surface area contributed by atoms with Gasteiger partial charge in [-0.1, -0.05) is 0 Å². The maximum Gasteiger partial charge on any atom is 0.198 e. The first kappa shape index (κ1) is 13.9. The predicted octanol–water partition coefficient (Wildman–Crippen LogP) is 1.90. The summed E-state index contributed by atoms with van der Waals surface area (Å²) in [7, 11) is 1.34. The lowest BCUT2D eigenvalue weighted by Gasteiger charge is -2.22.